The summed E-state index contributed by atoms with van der Waals surface area (Å²) in [4.78, 5) is 33.0. The Morgan fingerprint density at radius 2 is 1.65 bits per heavy atom. The number of thiazole rings is 1. The number of anilines is 2. The molecule has 0 atom stereocenters. The SMILES string of the molecule is CC(C)(C)c1cnc(CSc2cnc(NC(=O)CCCCCCC(=O)Nc3ccc(CCO)cc3)s2)o1. The minimum absolute atomic E-state index is 0.0115. The van der Waals surface area contributed by atoms with Crippen LogP contribution in [0, 0.1) is 0 Å². The molecule has 37 heavy (non-hydrogen) atoms. The Hall–Kier alpha value is -2.69. The Bertz CT molecular complexity index is 1140. The summed E-state index contributed by atoms with van der Waals surface area (Å²) in [6, 6.07) is 7.51. The van der Waals surface area contributed by atoms with Crippen LogP contribution in [0.25, 0.3) is 0 Å². The third kappa shape index (κ3) is 10.3. The maximum atomic E-state index is 12.3. The number of aliphatic hydroxyl groups excluding tert-OH is 1. The van der Waals surface area contributed by atoms with Crippen LogP contribution in [0.4, 0.5) is 10.8 Å². The predicted octanol–water partition coefficient (Wildman–Crippen LogP) is 6.17. The smallest absolute Gasteiger partial charge is 0.226 e. The first kappa shape index (κ1) is 28.9. The number of oxazole rings is 1. The van der Waals surface area contributed by atoms with Crippen molar-refractivity contribution in [2.24, 2.45) is 0 Å². The van der Waals surface area contributed by atoms with Crippen molar-refractivity contribution in [1.82, 2.24) is 9.97 Å². The summed E-state index contributed by atoms with van der Waals surface area (Å²) < 4.78 is 6.81. The zero-order valence-corrected chi connectivity index (χ0v) is 23.3. The first-order valence-corrected chi connectivity index (χ1v) is 14.4. The Morgan fingerprint density at radius 3 is 2.27 bits per heavy atom. The fourth-order valence-electron chi connectivity index (χ4n) is 3.45. The largest absolute Gasteiger partial charge is 0.444 e. The van der Waals surface area contributed by atoms with Crippen LogP contribution in [-0.2, 0) is 27.2 Å². The molecular formula is C27H36N4O4S2. The van der Waals surface area contributed by atoms with Crippen LogP contribution in [0.1, 0.15) is 76.5 Å². The first-order valence-electron chi connectivity index (χ1n) is 12.6. The molecule has 3 rings (SSSR count). The minimum Gasteiger partial charge on any atom is -0.444 e. The molecule has 0 radical (unpaired) electrons. The molecule has 0 spiro atoms. The third-order valence-electron chi connectivity index (χ3n) is 5.56. The molecule has 0 saturated heterocycles. The van der Waals surface area contributed by atoms with Crippen LogP contribution < -0.4 is 10.6 Å². The number of nitrogens with zero attached hydrogens (tertiary/aromatic N) is 2. The van der Waals surface area contributed by atoms with Gasteiger partial charge in [0, 0.05) is 30.6 Å². The molecule has 0 aliphatic carbocycles. The van der Waals surface area contributed by atoms with Gasteiger partial charge in [-0.15, -0.1) is 11.8 Å². The van der Waals surface area contributed by atoms with Crippen molar-refractivity contribution in [1.29, 1.82) is 0 Å². The van der Waals surface area contributed by atoms with Gasteiger partial charge in [-0.3, -0.25) is 9.59 Å². The van der Waals surface area contributed by atoms with E-state index >= 15 is 0 Å². The van der Waals surface area contributed by atoms with Crippen molar-refractivity contribution >= 4 is 45.7 Å². The van der Waals surface area contributed by atoms with Gasteiger partial charge in [0.25, 0.3) is 0 Å². The van der Waals surface area contributed by atoms with Crippen LogP contribution in [0.3, 0.4) is 0 Å². The summed E-state index contributed by atoms with van der Waals surface area (Å²) in [5, 5.41) is 15.3. The number of thioether (sulfide) groups is 1. The number of nitrogens with one attached hydrogen (secondary N) is 2. The van der Waals surface area contributed by atoms with Crippen LogP contribution in [-0.4, -0.2) is 33.5 Å². The Kier molecular flexibility index (Phi) is 11.2. The lowest BCUT2D eigenvalue weighted by Gasteiger charge is -2.12. The molecule has 200 valence electrons. The normalized spacial score (nSPS) is 11.5. The van der Waals surface area contributed by atoms with E-state index < -0.39 is 0 Å². The Balaban J connectivity index is 1.26. The highest BCUT2D eigenvalue weighted by molar-refractivity contribution is 8.00. The molecule has 0 unspecified atom stereocenters. The number of carbonyl (C=O) groups excluding carboxylic acids is 2. The van der Waals surface area contributed by atoms with Crippen LogP contribution in [0.5, 0.6) is 0 Å². The minimum atomic E-state index is -0.0679. The molecule has 1 aromatic carbocycles. The molecule has 0 fully saturated rings. The summed E-state index contributed by atoms with van der Waals surface area (Å²) in [6.45, 7) is 6.38. The molecule has 2 aromatic heterocycles. The van der Waals surface area contributed by atoms with Crippen molar-refractivity contribution in [3.63, 3.8) is 0 Å². The first-order chi connectivity index (χ1) is 17.7. The van der Waals surface area contributed by atoms with Gasteiger partial charge in [-0.25, -0.2) is 9.97 Å². The van der Waals surface area contributed by atoms with E-state index in [1.165, 1.54) is 11.3 Å². The maximum absolute atomic E-state index is 12.3. The Morgan fingerprint density at radius 1 is 0.973 bits per heavy atom. The van der Waals surface area contributed by atoms with Crippen molar-refractivity contribution in [2.45, 2.75) is 81.1 Å². The maximum Gasteiger partial charge on any atom is 0.226 e. The van der Waals surface area contributed by atoms with Crippen molar-refractivity contribution in [3.8, 4) is 0 Å². The van der Waals surface area contributed by atoms with Crippen LogP contribution in [0.15, 0.2) is 45.3 Å². The molecule has 8 nitrogen and oxygen atoms in total. The van der Waals surface area contributed by atoms with E-state index in [2.05, 4.69) is 41.4 Å². The van der Waals surface area contributed by atoms with Gasteiger partial charge in [0.05, 0.1) is 22.4 Å². The number of benzene rings is 1. The second-order valence-corrected chi connectivity index (χ2v) is 12.1. The zero-order valence-electron chi connectivity index (χ0n) is 21.7. The topological polar surface area (TPSA) is 117 Å². The lowest BCUT2D eigenvalue weighted by Crippen LogP contribution is -2.11. The number of carbonyl (C=O) groups is 2. The molecule has 0 aliphatic heterocycles. The van der Waals surface area contributed by atoms with Crippen LogP contribution >= 0.6 is 23.1 Å². The predicted molar refractivity (Wildman–Crippen MR) is 149 cm³/mol. The molecular weight excluding hydrogens is 508 g/mol. The van der Waals surface area contributed by atoms with Gasteiger partial charge >= 0.3 is 0 Å². The molecule has 0 saturated carbocycles. The average Bonchev–Trinajstić information content (AvgIpc) is 3.51. The van der Waals surface area contributed by atoms with Gasteiger partial charge in [0.1, 0.15) is 5.76 Å². The number of aromatic nitrogens is 2. The highest BCUT2D eigenvalue weighted by Gasteiger charge is 2.19. The molecule has 2 amide bonds. The van der Waals surface area contributed by atoms with Gasteiger partial charge in [-0.2, -0.15) is 0 Å². The number of rotatable bonds is 14. The molecule has 10 heteroatoms. The monoisotopic (exact) mass is 544 g/mol. The van der Waals surface area contributed by atoms with E-state index in [9.17, 15) is 9.59 Å². The lowest BCUT2D eigenvalue weighted by atomic mass is 9.94. The fraction of sp³-hybridized carbons (Fsp3) is 0.481. The summed E-state index contributed by atoms with van der Waals surface area (Å²) in [6.07, 6.45) is 8.37. The van der Waals surface area contributed by atoms with E-state index in [0.29, 0.717) is 36.0 Å². The zero-order chi connectivity index (χ0) is 26.7. The van der Waals surface area contributed by atoms with E-state index in [-0.39, 0.29) is 23.8 Å². The number of hydrogen-bond donors (Lipinski definition) is 3. The molecule has 0 aliphatic rings. The van der Waals surface area contributed by atoms with Gasteiger partial charge in [-0.05, 0) is 37.0 Å². The van der Waals surface area contributed by atoms with Gasteiger partial charge in [0.15, 0.2) is 5.13 Å². The average molecular weight is 545 g/mol. The summed E-state index contributed by atoms with van der Waals surface area (Å²) in [7, 11) is 0. The number of unbranched alkanes of at least 4 members (excludes halogenated alkanes) is 3. The summed E-state index contributed by atoms with van der Waals surface area (Å²) in [5.41, 5.74) is 1.73. The van der Waals surface area contributed by atoms with Gasteiger partial charge < -0.3 is 20.2 Å². The highest BCUT2D eigenvalue weighted by atomic mass is 32.2. The van der Waals surface area contributed by atoms with E-state index in [0.717, 1.165) is 46.9 Å². The number of amides is 2. The quantitative estimate of drug-likeness (QED) is 0.164. The van der Waals surface area contributed by atoms with Crippen LogP contribution in [0.2, 0.25) is 0 Å². The highest BCUT2D eigenvalue weighted by Crippen LogP contribution is 2.31. The summed E-state index contributed by atoms with van der Waals surface area (Å²) >= 11 is 3.03. The van der Waals surface area contributed by atoms with E-state index in [1.54, 1.807) is 24.2 Å². The summed E-state index contributed by atoms with van der Waals surface area (Å²) in [5.74, 6) is 2.10. The van der Waals surface area contributed by atoms with Crippen molar-refractivity contribution in [2.75, 3.05) is 17.2 Å². The molecule has 3 N–H and O–H groups in total. The van der Waals surface area contributed by atoms with Crippen molar-refractivity contribution in [3.05, 3.63) is 53.9 Å². The van der Waals surface area contributed by atoms with E-state index in [4.69, 9.17) is 9.52 Å². The lowest BCUT2D eigenvalue weighted by molar-refractivity contribution is -0.117. The Labute approximate surface area is 226 Å². The standard InChI is InChI=1S/C27H36N4O4S2/c1-27(2,3)21-16-28-24(35-21)18-36-25-17-29-26(37-25)31-23(34)9-7-5-4-6-8-22(33)30-20-12-10-19(11-13-20)14-15-32/h10-13,16-17,32H,4-9,14-15,18H2,1-3H3,(H,30,33)(H,29,31,34). The van der Waals surface area contributed by atoms with Crippen molar-refractivity contribution < 1.29 is 19.1 Å². The number of hydrogen-bond acceptors (Lipinski definition) is 8. The number of aliphatic hydroxyl groups is 1. The van der Waals surface area contributed by atoms with E-state index in [1.807, 2.05) is 24.3 Å². The fourth-order valence-corrected chi connectivity index (χ4v) is 5.20. The second kappa shape index (κ2) is 14.3. The molecule has 0 bridgehead atoms. The van der Waals surface area contributed by atoms with Gasteiger partial charge in [0.2, 0.25) is 17.7 Å². The molecule has 3 aromatic rings. The second-order valence-electron chi connectivity index (χ2n) is 9.82. The molecule has 2 heterocycles. The third-order valence-corrected chi connectivity index (χ3v) is 7.65. The van der Waals surface area contributed by atoms with Gasteiger partial charge in [-0.1, -0.05) is 57.1 Å².